The Hall–Kier alpha value is -2.80. The average Bonchev–Trinajstić information content (AvgIpc) is 3.06. The molecule has 1 N–H and O–H groups in total. The van der Waals surface area contributed by atoms with Crippen LogP contribution in [0.1, 0.15) is 86.5 Å². The Balaban J connectivity index is 1.36. The van der Waals surface area contributed by atoms with Crippen LogP contribution in [-0.4, -0.2) is 53.1 Å². The number of aliphatic hydroxyl groups is 1. The molecule has 0 heterocycles. The minimum Gasteiger partial charge on any atom is -0.447 e. The van der Waals surface area contributed by atoms with Crippen molar-refractivity contribution < 1.29 is 42.5 Å². The predicted octanol–water partition coefficient (Wildman–Crippen LogP) is 6.32. The van der Waals surface area contributed by atoms with Crippen LogP contribution < -0.4 is 0 Å². The molecule has 0 aliphatic heterocycles. The highest BCUT2D eigenvalue weighted by atomic mass is 19.1. The molecule has 12 atom stereocenters. The predicted molar refractivity (Wildman–Crippen MR) is 157 cm³/mol. The van der Waals surface area contributed by atoms with Gasteiger partial charge in [-0.05, 0) is 79.8 Å². The number of rotatable bonds is 4. The third kappa shape index (κ3) is 4.17. The van der Waals surface area contributed by atoms with Crippen molar-refractivity contribution in [3.05, 3.63) is 23.6 Å². The fourth-order valence-corrected chi connectivity index (χ4v) is 10.9. The summed E-state index contributed by atoms with van der Waals surface area (Å²) in [6, 6.07) is 1.78. The highest BCUT2D eigenvalue weighted by Gasteiger charge is 2.78. The average molecular weight is 630 g/mol. The zero-order chi connectivity index (χ0) is 32.9. The van der Waals surface area contributed by atoms with Gasteiger partial charge in [0.15, 0.2) is 18.1 Å². The zero-order valence-electron chi connectivity index (χ0n) is 27.0. The highest BCUT2D eigenvalue weighted by Crippen LogP contribution is 2.72. The molecule has 0 aromatic heterocycles. The van der Waals surface area contributed by atoms with E-state index in [1.807, 2.05) is 6.92 Å². The summed E-state index contributed by atoms with van der Waals surface area (Å²) >= 11 is 0. The number of hydrogen-bond acceptors (Lipinski definition) is 8. The lowest BCUT2D eigenvalue weighted by Crippen LogP contribution is -2.70. The van der Waals surface area contributed by atoms with E-state index < -0.39 is 76.6 Å². The molecule has 0 unspecified atom stereocenters. The first-order chi connectivity index (χ1) is 21.0. The summed E-state index contributed by atoms with van der Waals surface area (Å²) < 4.78 is 51.0. The van der Waals surface area contributed by atoms with Crippen molar-refractivity contribution in [2.75, 3.05) is 6.61 Å². The van der Waals surface area contributed by atoms with E-state index in [1.165, 1.54) is 19.1 Å². The minimum absolute atomic E-state index is 0.0422. The summed E-state index contributed by atoms with van der Waals surface area (Å²) in [6.45, 7) is 10.8. The first kappa shape index (κ1) is 32.2. The second-order valence-corrected chi connectivity index (χ2v) is 15.9. The lowest BCUT2D eigenvalue weighted by molar-refractivity contribution is -0.229. The van der Waals surface area contributed by atoms with Crippen molar-refractivity contribution in [2.45, 2.75) is 110 Å². The lowest BCUT2D eigenvalue weighted by atomic mass is 9.45. The molecule has 5 fully saturated rings. The van der Waals surface area contributed by atoms with E-state index in [0.717, 1.165) is 12.8 Å². The SMILES string of the molecule is C[C@@H]1C[C@H]2C[C@@H](C[C@H]1OC(=O)O[C@]1(C(=O)OCC#N)[C@H](C)C[C@H]3[C@@H]4CC(F)=C5CC(=O)C=C[C@]5(C)[C@@]4(F)[C@@H](O)C[C@@]31C)C2(C)C. The summed E-state index contributed by atoms with van der Waals surface area (Å²) in [5.41, 5.74) is -7.15. The maximum atomic E-state index is 17.7. The number of hydrogen-bond donors (Lipinski definition) is 1. The minimum atomic E-state index is -2.35. The Bertz CT molecular complexity index is 1420. The number of allylic oxidation sites excluding steroid dienone is 4. The van der Waals surface area contributed by atoms with Crippen LogP contribution in [0.3, 0.4) is 0 Å². The van der Waals surface area contributed by atoms with Gasteiger partial charge in [0.1, 0.15) is 18.0 Å². The molecule has 7 aliphatic carbocycles. The number of ketones is 1. The fraction of sp³-hybridized carbons (Fsp3) is 0.771. The van der Waals surface area contributed by atoms with E-state index in [1.54, 1.807) is 19.9 Å². The number of aliphatic hydroxyl groups excluding tert-OH is 1. The molecule has 5 saturated carbocycles. The second-order valence-electron chi connectivity index (χ2n) is 15.9. The van der Waals surface area contributed by atoms with Gasteiger partial charge in [-0.2, -0.15) is 5.26 Å². The molecule has 246 valence electrons. The molecular weight excluding hydrogens is 584 g/mol. The molecule has 0 radical (unpaired) electrons. The van der Waals surface area contributed by atoms with Crippen molar-refractivity contribution in [1.29, 1.82) is 5.26 Å². The van der Waals surface area contributed by atoms with Crippen molar-refractivity contribution >= 4 is 17.9 Å². The summed E-state index contributed by atoms with van der Waals surface area (Å²) in [5.74, 6) is -3.43. The molecule has 7 aliphatic rings. The smallest absolute Gasteiger partial charge is 0.447 e. The zero-order valence-corrected chi connectivity index (χ0v) is 27.0. The van der Waals surface area contributed by atoms with Crippen molar-refractivity contribution in [3.63, 3.8) is 0 Å². The van der Waals surface area contributed by atoms with Crippen LogP contribution in [0, 0.1) is 63.1 Å². The van der Waals surface area contributed by atoms with E-state index in [4.69, 9.17) is 14.2 Å². The van der Waals surface area contributed by atoms with Gasteiger partial charge in [0.05, 0.1) is 6.10 Å². The quantitative estimate of drug-likeness (QED) is 0.359. The molecule has 0 aromatic rings. The fourth-order valence-electron chi connectivity index (χ4n) is 10.9. The molecule has 0 saturated heterocycles. The standard InChI is InChI=1S/C35H45F2NO7/c1-18-11-20-13-21(31(20,3)4)14-27(18)44-30(42)45-35(29(41)43-10-9-38)19(2)12-23-24-16-26(36)25-15-22(39)7-8-32(25,5)34(24,37)28(40)17-33(23,35)6/h7-8,18-21,23-24,27-28,40H,10-17H2,1-6H3/t18-,19-,20+,21+,23+,24+,27-,28+,32+,33+,34+,35+/m1/s1. The topological polar surface area (TPSA) is 123 Å². The number of esters is 1. The monoisotopic (exact) mass is 629 g/mol. The third-order valence-corrected chi connectivity index (χ3v) is 13.7. The van der Waals surface area contributed by atoms with E-state index >= 15 is 8.78 Å². The number of carbonyl (C=O) groups excluding carboxylic acids is 3. The maximum Gasteiger partial charge on any atom is 0.509 e. The van der Waals surface area contributed by atoms with Crippen LogP contribution in [0.4, 0.5) is 13.6 Å². The van der Waals surface area contributed by atoms with E-state index in [9.17, 15) is 24.8 Å². The number of fused-ring (bicyclic) bond motifs is 8. The molecule has 45 heavy (non-hydrogen) atoms. The van der Waals surface area contributed by atoms with Crippen LogP contribution in [0.25, 0.3) is 0 Å². The first-order valence-corrected chi connectivity index (χ1v) is 16.4. The van der Waals surface area contributed by atoms with Crippen LogP contribution in [-0.2, 0) is 23.8 Å². The number of ether oxygens (including phenoxy) is 3. The normalized spacial score (nSPS) is 47.7. The Morgan fingerprint density at radius 2 is 1.78 bits per heavy atom. The lowest BCUT2D eigenvalue weighted by Gasteiger charge is -2.62. The summed E-state index contributed by atoms with van der Waals surface area (Å²) in [4.78, 5) is 40.0. The molecule has 10 heteroatoms. The largest absolute Gasteiger partial charge is 0.509 e. The van der Waals surface area contributed by atoms with Gasteiger partial charge in [0, 0.05) is 35.5 Å². The highest BCUT2D eigenvalue weighted by molar-refractivity contribution is 5.93. The molecule has 7 rings (SSSR count). The number of carbonyl (C=O) groups is 3. The molecule has 0 spiro atoms. The number of alkyl halides is 1. The summed E-state index contributed by atoms with van der Waals surface area (Å²) in [7, 11) is 0. The van der Waals surface area contributed by atoms with E-state index in [-0.39, 0.29) is 48.4 Å². The van der Waals surface area contributed by atoms with Gasteiger partial charge in [-0.1, -0.05) is 40.7 Å². The van der Waals surface area contributed by atoms with Gasteiger partial charge in [-0.15, -0.1) is 0 Å². The molecule has 8 nitrogen and oxygen atoms in total. The molecule has 0 amide bonds. The Morgan fingerprint density at radius 1 is 1.09 bits per heavy atom. The van der Waals surface area contributed by atoms with Crippen LogP contribution >= 0.6 is 0 Å². The Morgan fingerprint density at radius 3 is 2.44 bits per heavy atom. The number of halogens is 2. The van der Waals surface area contributed by atoms with Gasteiger partial charge in [-0.3, -0.25) is 4.79 Å². The second kappa shape index (κ2) is 10.4. The van der Waals surface area contributed by atoms with Crippen molar-refractivity contribution in [3.8, 4) is 6.07 Å². The van der Waals surface area contributed by atoms with Gasteiger partial charge < -0.3 is 19.3 Å². The van der Waals surface area contributed by atoms with E-state index in [0.29, 0.717) is 18.3 Å². The Kier molecular flexibility index (Phi) is 7.40. The van der Waals surface area contributed by atoms with Gasteiger partial charge in [-0.25, -0.2) is 18.4 Å². The van der Waals surface area contributed by atoms with Crippen LogP contribution in [0.15, 0.2) is 23.6 Å². The first-order valence-electron chi connectivity index (χ1n) is 16.4. The van der Waals surface area contributed by atoms with Gasteiger partial charge in [0.25, 0.3) is 0 Å². The van der Waals surface area contributed by atoms with Crippen molar-refractivity contribution in [1.82, 2.24) is 0 Å². The van der Waals surface area contributed by atoms with Gasteiger partial charge >= 0.3 is 12.1 Å². The maximum absolute atomic E-state index is 17.7. The summed E-state index contributed by atoms with van der Waals surface area (Å²) in [6.07, 6.45) is 1.36. The molecule has 0 aromatic carbocycles. The van der Waals surface area contributed by atoms with E-state index in [2.05, 4.69) is 13.8 Å². The third-order valence-electron chi connectivity index (χ3n) is 13.7. The molecule has 2 bridgehead atoms. The van der Waals surface area contributed by atoms with Crippen LogP contribution in [0.2, 0.25) is 0 Å². The van der Waals surface area contributed by atoms with Gasteiger partial charge in [0.2, 0.25) is 5.60 Å². The summed E-state index contributed by atoms with van der Waals surface area (Å²) in [5, 5.41) is 21.0. The Labute approximate surface area is 263 Å². The molecular formula is C35H45F2NO7. The van der Waals surface area contributed by atoms with Crippen LogP contribution in [0.5, 0.6) is 0 Å². The number of nitriles is 1. The van der Waals surface area contributed by atoms with Crippen molar-refractivity contribution in [2.24, 2.45) is 51.8 Å². The number of nitrogens with zero attached hydrogens (tertiary/aromatic N) is 1.